The fourth-order valence-corrected chi connectivity index (χ4v) is 3.09. The Labute approximate surface area is 123 Å². The van der Waals surface area contributed by atoms with Gasteiger partial charge < -0.3 is 10.6 Å². The van der Waals surface area contributed by atoms with Crippen LogP contribution in [0.1, 0.15) is 32.6 Å². The van der Waals surface area contributed by atoms with E-state index in [1.807, 2.05) is 6.92 Å². The molecule has 0 aromatic heterocycles. The van der Waals surface area contributed by atoms with Gasteiger partial charge in [0.15, 0.2) is 0 Å². The number of anilines is 1. The Morgan fingerprint density at radius 2 is 2.05 bits per heavy atom. The molecule has 0 unspecified atom stereocenters. The van der Waals surface area contributed by atoms with Crippen molar-refractivity contribution >= 4 is 23.0 Å². The molecule has 1 aliphatic rings. The summed E-state index contributed by atoms with van der Waals surface area (Å²) in [5.41, 5.74) is 6.66. The van der Waals surface area contributed by atoms with Crippen LogP contribution in [0.4, 0.5) is 11.4 Å². The second-order valence-corrected chi connectivity index (χ2v) is 5.68. The van der Waals surface area contributed by atoms with Gasteiger partial charge >= 0.3 is 0 Å². The van der Waals surface area contributed by atoms with Gasteiger partial charge in [0.25, 0.3) is 5.69 Å². The van der Waals surface area contributed by atoms with E-state index in [2.05, 4.69) is 4.90 Å². The Morgan fingerprint density at radius 1 is 1.40 bits per heavy atom. The van der Waals surface area contributed by atoms with E-state index < -0.39 is 0 Å². The van der Waals surface area contributed by atoms with Crippen LogP contribution in [-0.4, -0.2) is 23.6 Å². The summed E-state index contributed by atoms with van der Waals surface area (Å²) in [4.78, 5) is 13.0. The Morgan fingerprint density at radius 3 is 2.60 bits per heavy atom. The Hall–Kier alpha value is -1.33. The predicted molar refractivity (Wildman–Crippen MR) is 81.4 cm³/mol. The maximum absolute atomic E-state index is 11.2. The van der Waals surface area contributed by atoms with Gasteiger partial charge in [-0.2, -0.15) is 0 Å². The summed E-state index contributed by atoms with van der Waals surface area (Å²) in [7, 11) is 0. The third-order valence-electron chi connectivity index (χ3n) is 3.97. The first-order valence-electron chi connectivity index (χ1n) is 6.99. The topological polar surface area (TPSA) is 72.4 Å². The first kappa shape index (κ1) is 15.1. The van der Waals surface area contributed by atoms with Crippen molar-refractivity contribution in [1.29, 1.82) is 0 Å². The van der Waals surface area contributed by atoms with Gasteiger partial charge in [-0.05, 0) is 44.7 Å². The summed E-state index contributed by atoms with van der Waals surface area (Å²) in [6.07, 6.45) is 3.88. The van der Waals surface area contributed by atoms with E-state index in [0.29, 0.717) is 16.8 Å². The molecule has 1 aromatic rings. The van der Waals surface area contributed by atoms with Crippen molar-refractivity contribution in [2.75, 3.05) is 11.4 Å². The first-order valence-corrected chi connectivity index (χ1v) is 7.37. The zero-order chi connectivity index (χ0) is 14.7. The standard InChI is InChI=1S/C14H20ClN3O2/c1-2-17(12-6-4-11(16)5-7-12)14-9-10(15)3-8-13(14)18(19)20/h3,8-9,11-12H,2,4-7,16H2,1H3. The molecule has 0 atom stereocenters. The molecular weight excluding hydrogens is 278 g/mol. The molecule has 1 aliphatic carbocycles. The quantitative estimate of drug-likeness (QED) is 0.683. The molecular formula is C14H20ClN3O2. The molecule has 0 heterocycles. The average molecular weight is 298 g/mol. The smallest absolute Gasteiger partial charge is 0.292 e. The van der Waals surface area contributed by atoms with Gasteiger partial charge in [-0.3, -0.25) is 10.1 Å². The molecule has 1 aromatic carbocycles. The molecule has 0 amide bonds. The molecule has 0 saturated heterocycles. The third-order valence-corrected chi connectivity index (χ3v) is 4.20. The lowest BCUT2D eigenvalue weighted by Crippen LogP contribution is -2.41. The van der Waals surface area contributed by atoms with Crippen LogP contribution < -0.4 is 10.6 Å². The van der Waals surface area contributed by atoms with Gasteiger partial charge in [-0.1, -0.05) is 11.6 Å². The summed E-state index contributed by atoms with van der Waals surface area (Å²) in [6.45, 7) is 2.74. The SMILES string of the molecule is CCN(c1cc(Cl)ccc1[N+](=O)[O-])C1CCC(N)CC1. The van der Waals surface area contributed by atoms with Gasteiger partial charge in [-0.25, -0.2) is 0 Å². The Balaban J connectivity index is 2.31. The molecule has 2 rings (SSSR count). The van der Waals surface area contributed by atoms with E-state index >= 15 is 0 Å². The minimum atomic E-state index is -0.344. The van der Waals surface area contributed by atoms with E-state index in [0.717, 1.165) is 32.2 Å². The molecule has 0 aliphatic heterocycles. The maximum Gasteiger partial charge on any atom is 0.292 e. The van der Waals surface area contributed by atoms with Gasteiger partial charge in [0, 0.05) is 29.7 Å². The van der Waals surface area contributed by atoms with Crippen molar-refractivity contribution in [3.05, 3.63) is 33.3 Å². The van der Waals surface area contributed by atoms with Crippen LogP contribution in [0.5, 0.6) is 0 Å². The lowest BCUT2D eigenvalue weighted by Gasteiger charge is -2.36. The second kappa shape index (κ2) is 6.41. The molecule has 1 fully saturated rings. The van der Waals surface area contributed by atoms with Crippen LogP contribution in [0, 0.1) is 10.1 Å². The summed E-state index contributed by atoms with van der Waals surface area (Å²) < 4.78 is 0. The molecule has 0 spiro atoms. The monoisotopic (exact) mass is 297 g/mol. The van der Waals surface area contributed by atoms with Crippen molar-refractivity contribution in [2.24, 2.45) is 5.73 Å². The van der Waals surface area contributed by atoms with E-state index in [-0.39, 0.29) is 16.7 Å². The highest BCUT2D eigenvalue weighted by molar-refractivity contribution is 6.31. The zero-order valence-electron chi connectivity index (χ0n) is 11.6. The minimum absolute atomic E-state index is 0.117. The summed E-state index contributed by atoms with van der Waals surface area (Å²) in [5, 5.41) is 11.7. The van der Waals surface area contributed by atoms with E-state index in [9.17, 15) is 10.1 Å². The van der Waals surface area contributed by atoms with Crippen molar-refractivity contribution in [3.8, 4) is 0 Å². The number of nitrogens with zero attached hydrogens (tertiary/aromatic N) is 2. The van der Waals surface area contributed by atoms with Crippen molar-refractivity contribution in [1.82, 2.24) is 0 Å². The third kappa shape index (κ3) is 3.22. The summed E-state index contributed by atoms with van der Waals surface area (Å²) >= 11 is 6.02. The van der Waals surface area contributed by atoms with E-state index in [1.54, 1.807) is 12.1 Å². The van der Waals surface area contributed by atoms with E-state index in [1.165, 1.54) is 6.07 Å². The van der Waals surface area contributed by atoms with Gasteiger partial charge in [-0.15, -0.1) is 0 Å². The predicted octanol–water partition coefficient (Wildman–Crippen LogP) is 3.34. The number of halogens is 1. The molecule has 2 N–H and O–H groups in total. The van der Waals surface area contributed by atoms with Crippen molar-refractivity contribution in [2.45, 2.75) is 44.7 Å². The van der Waals surface area contributed by atoms with Gasteiger partial charge in [0.05, 0.1) is 4.92 Å². The number of rotatable bonds is 4. The number of nitro benzene ring substituents is 1. The highest BCUT2D eigenvalue weighted by atomic mass is 35.5. The number of hydrogen-bond donors (Lipinski definition) is 1. The highest BCUT2D eigenvalue weighted by Gasteiger charge is 2.28. The molecule has 6 heteroatoms. The Kier molecular flexibility index (Phi) is 4.83. The number of hydrogen-bond acceptors (Lipinski definition) is 4. The number of nitrogens with two attached hydrogens (primary N) is 1. The molecule has 0 radical (unpaired) electrons. The zero-order valence-corrected chi connectivity index (χ0v) is 12.3. The molecule has 0 bridgehead atoms. The van der Waals surface area contributed by atoms with Crippen LogP contribution in [0.15, 0.2) is 18.2 Å². The largest absolute Gasteiger partial charge is 0.363 e. The molecule has 20 heavy (non-hydrogen) atoms. The van der Waals surface area contributed by atoms with E-state index in [4.69, 9.17) is 17.3 Å². The molecule has 110 valence electrons. The highest BCUT2D eigenvalue weighted by Crippen LogP contribution is 2.35. The molecule has 5 nitrogen and oxygen atoms in total. The second-order valence-electron chi connectivity index (χ2n) is 5.24. The maximum atomic E-state index is 11.2. The first-order chi connectivity index (χ1) is 9.52. The van der Waals surface area contributed by atoms with Crippen LogP contribution in [0.2, 0.25) is 5.02 Å². The normalized spacial score (nSPS) is 22.6. The fraction of sp³-hybridized carbons (Fsp3) is 0.571. The van der Waals surface area contributed by atoms with Crippen molar-refractivity contribution < 1.29 is 4.92 Å². The Bertz CT molecular complexity index is 487. The number of benzene rings is 1. The van der Waals surface area contributed by atoms with Crippen LogP contribution in [0.25, 0.3) is 0 Å². The lowest BCUT2D eigenvalue weighted by atomic mass is 9.90. The van der Waals surface area contributed by atoms with Crippen LogP contribution in [0.3, 0.4) is 0 Å². The summed E-state index contributed by atoms with van der Waals surface area (Å²) in [6, 6.07) is 5.30. The van der Waals surface area contributed by atoms with Crippen LogP contribution >= 0.6 is 11.6 Å². The fourth-order valence-electron chi connectivity index (χ4n) is 2.92. The summed E-state index contributed by atoms with van der Waals surface area (Å²) in [5.74, 6) is 0. The van der Waals surface area contributed by atoms with Crippen molar-refractivity contribution in [3.63, 3.8) is 0 Å². The van der Waals surface area contributed by atoms with Gasteiger partial charge in [0.1, 0.15) is 5.69 Å². The van der Waals surface area contributed by atoms with Gasteiger partial charge in [0.2, 0.25) is 0 Å². The lowest BCUT2D eigenvalue weighted by molar-refractivity contribution is -0.384. The molecule has 1 saturated carbocycles. The van der Waals surface area contributed by atoms with Crippen LogP contribution in [-0.2, 0) is 0 Å². The average Bonchev–Trinajstić information content (AvgIpc) is 2.41. The number of nitro groups is 1. The minimum Gasteiger partial charge on any atom is -0.363 e.